The summed E-state index contributed by atoms with van der Waals surface area (Å²) in [5.41, 5.74) is 0. The van der Waals surface area contributed by atoms with Gasteiger partial charge in [0.25, 0.3) is 7.82 Å². The summed E-state index contributed by atoms with van der Waals surface area (Å²) >= 11 is 0. The van der Waals surface area contributed by atoms with E-state index < -0.39 is 20.0 Å². The molecule has 0 spiro atoms. The van der Waals surface area contributed by atoms with E-state index in [-0.39, 0.29) is 19.1 Å². The van der Waals surface area contributed by atoms with Gasteiger partial charge in [-0.1, -0.05) is 237 Å². The SMILES string of the molecule is CCCCCCC/C=C\C/C=C\C/C=C\CCCCCCCCCCCCCCCCC(=O)NC(COP(=O)([O-])OCC[N+](C)(C)C)C(O)CCCCCCCCCCCCCCC. The molecule has 1 amide bonds. The molecule has 0 fully saturated rings. The number of likely N-dealkylation sites (N-methyl/N-ethyl adjacent to an activating group) is 1. The number of allylic oxidation sites excluding steroid dienone is 6. The summed E-state index contributed by atoms with van der Waals surface area (Å²) in [6.07, 6.45) is 58.8. The van der Waals surface area contributed by atoms with Crippen molar-refractivity contribution in [3.8, 4) is 0 Å². The maximum Gasteiger partial charge on any atom is 0.268 e. The first-order valence-electron chi connectivity index (χ1n) is 27.3. The van der Waals surface area contributed by atoms with E-state index >= 15 is 0 Å². The molecule has 0 saturated carbocycles. The molecule has 0 aliphatic heterocycles. The predicted molar refractivity (Wildman–Crippen MR) is 275 cm³/mol. The minimum Gasteiger partial charge on any atom is -0.756 e. The third-order valence-electron chi connectivity index (χ3n) is 12.4. The third-order valence-corrected chi connectivity index (χ3v) is 13.3. The van der Waals surface area contributed by atoms with E-state index in [1.807, 2.05) is 21.1 Å². The smallest absolute Gasteiger partial charge is 0.268 e. The minimum absolute atomic E-state index is 0.0126. The van der Waals surface area contributed by atoms with Crippen molar-refractivity contribution in [2.45, 2.75) is 270 Å². The van der Waals surface area contributed by atoms with Crippen molar-refractivity contribution in [1.82, 2.24) is 5.32 Å². The van der Waals surface area contributed by atoms with Crippen molar-refractivity contribution in [2.24, 2.45) is 0 Å². The van der Waals surface area contributed by atoms with Gasteiger partial charge in [0.15, 0.2) is 0 Å². The van der Waals surface area contributed by atoms with Gasteiger partial charge in [0, 0.05) is 6.42 Å². The number of phosphoric acid groups is 1. The first-order chi connectivity index (χ1) is 31.0. The van der Waals surface area contributed by atoms with Crippen molar-refractivity contribution in [2.75, 3.05) is 40.9 Å². The van der Waals surface area contributed by atoms with Gasteiger partial charge in [-0.2, -0.15) is 0 Å². The lowest BCUT2D eigenvalue weighted by atomic mass is 10.0. The number of rotatable bonds is 50. The van der Waals surface area contributed by atoms with Crippen molar-refractivity contribution in [3.05, 3.63) is 36.5 Å². The van der Waals surface area contributed by atoms with Gasteiger partial charge in [-0.25, -0.2) is 0 Å². The van der Waals surface area contributed by atoms with Crippen LogP contribution in [-0.4, -0.2) is 68.5 Å². The monoisotopic (exact) mass is 923 g/mol. The number of nitrogens with one attached hydrogen (secondary N) is 1. The van der Waals surface area contributed by atoms with Gasteiger partial charge in [0.1, 0.15) is 13.2 Å². The highest BCUT2D eigenvalue weighted by molar-refractivity contribution is 7.45. The molecule has 0 aliphatic rings. The Balaban J connectivity index is 4.08. The Kier molecular flexibility index (Phi) is 45.9. The van der Waals surface area contributed by atoms with Crippen LogP contribution in [0.1, 0.15) is 258 Å². The lowest BCUT2D eigenvalue weighted by molar-refractivity contribution is -0.870. The molecule has 0 heterocycles. The minimum atomic E-state index is -4.57. The molecule has 64 heavy (non-hydrogen) atoms. The number of phosphoric ester groups is 1. The Hall–Kier alpha value is -1.28. The fourth-order valence-electron chi connectivity index (χ4n) is 8.05. The summed E-state index contributed by atoms with van der Waals surface area (Å²) in [7, 11) is 1.31. The largest absolute Gasteiger partial charge is 0.756 e. The predicted octanol–water partition coefficient (Wildman–Crippen LogP) is 15.6. The van der Waals surface area contributed by atoms with E-state index in [1.165, 1.54) is 180 Å². The van der Waals surface area contributed by atoms with Gasteiger partial charge < -0.3 is 28.8 Å². The van der Waals surface area contributed by atoms with E-state index in [4.69, 9.17) is 9.05 Å². The molecule has 0 radical (unpaired) electrons. The molecule has 9 heteroatoms. The number of carbonyl (C=O) groups is 1. The molecule has 0 bridgehead atoms. The zero-order chi connectivity index (χ0) is 47.1. The zero-order valence-electron chi connectivity index (χ0n) is 43.0. The van der Waals surface area contributed by atoms with Crippen LogP contribution in [0.15, 0.2) is 36.5 Å². The Bertz CT molecular complexity index is 1140. The molecule has 0 rings (SSSR count). The average molecular weight is 923 g/mol. The second-order valence-electron chi connectivity index (χ2n) is 19.9. The van der Waals surface area contributed by atoms with Crippen LogP contribution in [0.4, 0.5) is 0 Å². The molecule has 3 atom stereocenters. The molecule has 0 saturated heterocycles. The standard InChI is InChI=1S/C55H107N2O6P/c1-6-8-10-12-14-16-18-20-21-22-23-24-25-26-27-28-29-30-31-32-33-34-35-37-39-41-43-45-47-49-55(59)56-53(52-63-64(60,61)62-51-50-57(3,4)5)54(58)48-46-44-42-40-38-36-19-17-15-13-11-9-7-2/h18,20,22-23,25-26,53-54,58H,6-17,19,21,24,27-52H2,1-5H3,(H-,56,59,60,61)/b20-18-,23-22-,26-25-. The average Bonchev–Trinajstić information content (AvgIpc) is 3.25. The van der Waals surface area contributed by atoms with E-state index in [2.05, 4.69) is 55.6 Å². The molecular formula is C55H107N2O6P. The van der Waals surface area contributed by atoms with Gasteiger partial charge in [-0.3, -0.25) is 9.36 Å². The Morgan fingerprint density at radius 3 is 1.31 bits per heavy atom. The zero-order valence-corrected chi connectivity index (χ0v) is 43.9. The van der Waals surface area contributed by atoms with Gasteiger partial charge >= 0.3 is 0 Å². The van der Waals surface area contributed by atoms with E-state index in [0.717, 1.165) is 51.4 Å². The van der Waals surface area contributed by atoms with Crippen molar-refractivity contribution in [3.63, 3.8) is 0 Å². The number of amides is 1. The van der Waals surface area contributed by atoms with Gasteiger partial charge in [0.05, 0.1) is 39.9 Å². The van der Waals surface area contributed by atoms with Crippen LogP contribution < -0.4 is 10.2 Å². The van der Waals surface area contributed by atoms with Crippen molar-refractivity contribution >= 4 is 13.7 Å². The van der Waals surface area contributed by atoms with E-state index in [0.29, 0.717) is 23.9 Å². The normalized spacial score (nSPS) is 14.3. The second-order valence-corrected chi connectivity index (χ2v) is 21.4. The maximum absolute atomic E-state index is 12.9. The van der Waals surface area contributed by atoms with Gasteiger partial charge in [0.2, 0.25) is 5.91 Å². The number of nitrogens with zero attached hydrogens (tertiary/aromatic N) is 1. The summed E-state index contributed by atoms with van der Waals surface area (Å²) in [6.45, 7) is 4.72. The third kappa shape index (κ3) is 48.6. The number of aliphatic hydroxyl groups is 1. The summed E-state index contributed by atoms with van der Waals surface area (Å²) in [4.78, 5) is 25.4. The van der Waals surface area contributed by atoms with Crippen molar-refractivity contribution < 1.29 is 32.9 Å². The molecule has 2 N–H and O–H groups in total. The number of unbranched alkanes of at least 4 members (excludes halogenated alkanes) is 31. The summed E-state index contributed by atoms with van der Waals surface area (Å²) in [5, 5.41) is 14.0. The topological polar surface area (TPSA) is 108 Å². The highest BCUT2D eigenvalue weighted by Crippen LogP contribution is 2.38. The maximum atomic E-state index is 12.9. The van der Waals surface area contributed by atoms with Crippen LogP contribution in [-0.2, 0) is 18.4 Å². The molecule has 0 aromatic rings. The molecule has 0 aromatic heterocycles. The van der Waals surface area contributed by atoms with Crippen molar-refractivity contribution in [1.29, 1.82) is 0 Å². The lowest BCUT2D eigenvalue weighted by Crippen LogP contribution is -2.46. The lowest BCUT2D eigenvalue weighted by Gasteiger charge is -2.30. The number of carbonyl (C=O) groups excluding carboxylic acids is 1. The number of aliphatic hydroxyl groups excluding tert-OH is 1. The molecule has 0 aliphatic carbocycles. The van der Waals surface area contributed by atoms with E-state index in [9.17, 15) is 19.4 Å². The Labute approximate surface area is 397 Å². The summed E-state index contributed by atoms with van der Waals surface area (Å²) in [6, 6.07) is -0.799. The van der Waals surface area contributed by atoms with Gasteiger partial charge in [-0.05, 0) is 51.4 Å². The van der Waals surface area contributed by atoms with Crippen LogP contribution >= 0.6 is 7.82 Å². The first kappa shape index (κ1) is 62.7. The Morgan fingerprint density at radius 2 is 0.906 bits per heavy atom. The highest BCUT2D eigenvalue weighted by Gasteiger charge is 2.24. The summed E-state index contributed by atoms with van der Waals surface area (Å²) < 4.78 is 23.3. The van der Waals surface area contributed by atoms with Crippen LogP contribution in [0.5, 0.6) is 0 Å². The number of quaternary nitrogens is 1. The molecule has 378 valence electrons. The molecular weight excluding hydrogens is 816 g/mol. The fraction of sp³-hybridized carbons (Fsp3) is 0.873. The molecule has 0 aromatic carbocycles. The first-order valence-corrected chi connectivity index (χ1v) is 28.8. The number of hydrogen-bond acceptors (Lipinski definition) is 6. The second kappa shape index (κ2) is 46.8. The Morgan fingerprint density at radius 1 is 0.547 bits per heavy atom. The van der Waals surface area contributed by atoms with Crippen LogP contribution in [0.2, 0.25) is 0 Å². The van der Waals surface area contributed by atoms with E-state index in [1.54, 1.807) is 0 Å². The van der Waals surface area contributed by atoms with Crippen LogP contribution in [0.25, 0.3) is 0 Å². The summed E-state index contributed by atoms with van der Waals surface area (Å²) in [5.74, 6) is -0.164. The quantitative estimate of drug-likeness (QED) is 0.0272. The number of hydrogen-bond donors (Lipinski definition) is 2. The van der Waals surface area contributed by atoms with Crippen LogP contribution in [0.3, 0.4) is 0 Å². The fourth-order valence-corrected chi connectivity index (χ4v) is 8.77. The molecule has 3 unspecified atom stereocenters. The van der Waals surface area contributed by atoms with Crippen LogP contribution in [0, 0.1) is 0 Å². The molecule has 8 nitrogen and oxygen atoms in total. The van der Waals surface area contributed by atoms with Gasteiger partial charge in [-0.15, -0.1) is 0 Å². The highest BCUT2D eigenvalue weighted by atomic mass is 31.2.